The van der Waals surface area contributed by atoms with Gasteiger partial charge in [-0.3, -0.25) is 9.11 Å². The zero-order chi connectivity index (χ0) is 18.5. The van der Waals surface area contributed by atoms with Crippen molar-refractivity contribution in [3.05, 3.63) is 25.3 Å². The molecule has 2 N–H and O–H groups in total. The second-order valence-corrected chi connectivity index (χ2v) is 4.91. The molecule has 144 valence electrons. The second-order valence-electron chi connectivity index (χ2n) is 4.01. The first-order valence-corrected chi connectivity index (χ1v) is 8.62. The summed E-state index contributed by atoms with van der Waals surface area (Å²) in [6.45, 7) is 12.8. The zero-order valence-corrected chi connectivity index (χ0v) is 14.6. The first-order chi connectivity index (χ1) is 11.4. The van der Waals surface area contributed by atoms with Crippen molar-refractivity contribution in [2.24, 2.45) is 0 Å². The fourth-order valence-corrected chi connectivity index (χ4v) is 1.11. The van der Waals surface area contributed by atoms with E-state index in [9.17, 15) is 0 Å². The Labute approximate surface area is 143 Å². The fourth-order valence-electron chi connectivity index (χ4n) is 1.11. The molecule has 10 heteroatoms. The first kappa shape index (κ1) is 25.4. The van der Waals surface area contributed by atoms with Crippen LogP contribution in [0.2, 0.25) is 0 Å². The van der Waals surface area contributed by atoms with Crippen LogP contribution in [0, 0.1) is 0 Å². The van der Waals surface area contributed by atoms with Crippen LogP contribution in [0.15, 0.2) is 25.3 Å². The number of rotatable bonds is 16. The van der Waals surface area contributed by atoms with Crippen molar-refractivity contribution < 1.29 is 41.2 Å². The van der Waals surface area contributed by atoms with E-state index in [0.717, 1.165) is 0 Å². The third kappa shape index (κ3) is 37.4. The topological polar surface area (TPSA) is 121 Å². The maximum Gasteiger partial charge on any atom is 0.394 e. The highest BCUT2D eigenvalue weighted by molar-refractivity contribution is 7.79. The first-order valence-electron chi connectivity index (χ1n) is 7.22. The van der Waals surface area contributed by atoms with Gasteiger partial charge in [-0.2, -0.15) is 8.42 Å². The van der Waals surface area contributed by atoms with Crippen LogP contribution in [0.1, 0.15) is 0 Å². The summed E-state index contributed by atoms with van der Waals surface area (Å²) in [6, 6.07) is 0. The summed E-state index contributed by atoms with van der Waals surface area (Å²) in [5.41, 5.74) is 0. The van der Waals surface area contributed by atoms with Crippen molar-refractivity contribution in [1.29, 1.82) is 0 Å². The van der Waals surface area contributed by atoms with E-state index in [1.807, 2.05) is 0 Å². The Morgan fingerprint density at radius 2 is 0.833 bits per heavy atom. The standard InChI is InChI=1S/C14H26O5.H2O4S/c1-3-5-15-7-9-17-11-13-19-14-12-18-10-8-16-6-4-2;1-5(2,3)4/h3-4H,1-2,5-14H2;(H2,1,2,3,4). The van der Waals surface area contributed by atoms with Gasteiger partial charge in [-0.15, -0.1) is 13.2 Å². The molecule has 0 fully saturated rings. The molecule has 0 radical (unpaired) electrons. The lowest BCUT2D eigenvalue weighted by molar-refractivity contribution is -0.00756. The van der Waals surface area contributed by atoms with E-state index in [4.69, 9.17) is 41.2 Å². The minimum absolute atomic E-state index is 0.563. The van der Waals surface area contributed by atoms with Crippen LogP contribution in [-0.4, -0.2) is 83.6 Å². The summed E-state index contributed by atoms with van der Waals surface area (Å²) >= 11 is 0. The van der Waals surface area contributed by atoms with Gasteiger partial charge in [-0.05, 0) is 0 Å². The molecule has 0 aromatic carbocycles. The molecule has 0 saturated carbocycles. The molecule has 0 unspecified atom stereocenters. The lowest BCUT2D eigenvalue weighted by Gasteiger charge is -2.07. The molecule has 0 rings (SSSR count). The molecule has 0 aliphatic heterocycles. The van der Waals surface area contributed by atoms with E-state index in [0.29, 0.717) is 66.1 Å². The predicted molar refractivity (Wildman–Crippen MR) is 88.7 cm³/mol. The molecule has 0 aromatic heterocycles. The summed E-state index contributed by atoms with van der Waals surface area (Å²) in [4.78, 5) is 0. The van der Waals surface area contributed by atoms with E-state index in [1.165, 1.54) is 0 Å². The van der Waals surface area contributed by atoms with E-state index >= 15 is 0 Å². The molecule has 0 heterocycles. The van der Waals surface area contributed by atoms with Crippen molar-refractivity contribution in [2.75, 3.05) is 66.1 Å². The molecule has 0 saturated heterocycles. The molecule has 0 aromatic rings. The van der Waals surface area contributed by atoms with Gasteiger partial charge in [-0.25, -0.2) is 0 Å². The van der Waals surface area contributed by atoms with Gasteiger partial charge < -0.3 is 23.7 Å². The smallest absolute Gasteiger partial charge is 0.377 e. The lowest BCUT2D eigenvalue weighted by Crippen LogP contribution is -2.13. The summed E-state index contributed by atoms with van der Waals surface area (Å²) in [5, 5.41) is 0. The Morgan fingerprint density at radius 3 is 1.04 bits per heavy atom. The average Bonchev–Trinajstić information content (AvgIpc) is 2.49. The van der Waals surface area contributed by atoms with Crippen molar-refractivity contribution in [1.82, 2.24) is 0 Å². The third-order valence-electron chi connectivity index (χ3n) is 1.96. The van der Waals surface area contributed by atoms with Gasteiger partial charge in [0.1, 0.15) is 0 Å². The molecule has 0 bridgehead atoms. The maximum absolute atomic E-state index is 8.74. The van der Waals surface area contributed by atoms with Crippen LogP contribution < -0.4 is 0 Å². The number of hydrogen-bond acceptors (Lipinski definition) is 7. The Bertz CT molecular complexity index is 342. The molecule has 0 atom stereocenters. The zero-order valence-electron chi connectivity index (χ0n) is 13.8. The molecule has 0 aliphatic carbocycles. The predicted octanol–water partition coefficient (Wildman–Crippen LogP) is 0.789. The van der Waals surface area contributed by atoms with Crippen LogP contribution in [0.4, 0.5) is 0 Å². The van der Waals surface area contributed by atoms with Crippen LogP contribution in [0.25, 0.3) is 0 Å². The van der Waals surface area contributed by atoms with Gasteiger partial charge in [-0.1, -0.05) is 12.2 Å². The maximum atomic E-state index is 8.74. The normalized spacial score (nSPS) is 10.8. The van der Waals surface area contributed by atoms with Gasteiger partial charge in [0.2, 0.25) is 0 Å². The molecule has 24 heavy (non-hydrogen) atoms. The highest BCUT2D eigenvalue weighted by atomic mass is 32.3. The van der Waals surface area contributed by atoms with Crippen molar-refractivity contribution in [2.45, 2.75) is 0 Å². The van der Waals surface area contributed by atoms with Crippen molar-refractivity contribution >= 4 is 10.4 Å². The quantitative estimate of drug-likeness (QED) is 0.230. The average molecular weight is 372 g/mol. The Morgan fingerprint density at radius 1 is 0.625 bits per heavy atom. The van der Waals surface area contributed by atoms with Crippen LogP contribution in [0.5, 0.6) is 0 Å². The molecular formula is C14H28O9S. The minimum atomic E-state index is -4.67. The van der Waals surface area contributed by atoms with E-state index in [-0.39, 0.29) is 0 Å². The summed E-state index contributed by atoms with van der Waals surface area (Å²) in [5.74, 6) is 0. The van der Waals surface area contributed by atoms with Crippen LogP contribution in [0.3, 0.4) is 0 Å². The Kier molecular flexibility index (Phi) is 21.4. The minimum Gasteiger partial charge on any atom is -0.377 e. The van der Waals surface area contributed by atoms with Crippen LogP contribution >= 0.6 is 0 Å². The summed E-state index contributed by atoms with van der Waals surface area (Å²) < 4.78 is 57.8. The van der Waals surface area contributed by atoms with Crippen LogP contribution in [-0.2, 0) is 34.1 Å². The lowest BCUT2D eigenvalue weighted by atomic mass is 10.6. The SMILES string of the molecule is C=CCOCCOCCOCCOCCOCC=C.O=S(=O)(O)O. The van der Waals surface area contributed by atoms with E-state index in [1.54, 1.807) is 12.2 Å². The van der Waals surface area contributed by atoms with Gasteiger partial charge in [0.15, 0.2) is 0 Å². The Hall–Kier alpha value is -0.850. The van der Waals surface area contributed by atoms with Gasteiger partial charge >= 0.3 is 10.4 Å². The molecule has 0 aliphatic rings. The molecule has 9 nitrogen and oxygen atoms in total. The fraction of sp³-hybridized carbons (Fsp3) is 0.714. The van der Waals surface area contributed by atoms with Gasteiger partial charge in [0.05, 0.1) is 66.1 Å². The van der Waals surface area contributed by atoms with Crippen molar-refractivity contribution in [3.63, 3.8) is 0 Å². The summed E-state index contributed by atoms with van der Waals surface area (Å²) in [6.07, 6.45) is 3.43. The second kappa shape index (κ2) is 20.2. The van der Waals surface area contributed by atoms with Gasteiger partial charge in [0.25, 0.3) is 0 Å². The van der Waals surface area contributed by atoms with Gasteiger partial charge in [0, 0.05) is 0 Å². The highest BCUT2D eigenvalue weighted by Gasteiger charge is 1.92. The summed E-state index contributed by atoms with van der Waals surface area (Å²) in [7, 11) is -4.67. The molecule has 0 amide bonds. The largest absolute Gasteiger partial charge is 0.394 e. The molecular weight excluding hydrogens is 344 g/mol. The molecule has 0 spiro atoms. The Balaban J connectivity index is 0. The number of hydrogen-bond donors (Lipinski definition) is 2. The third-order valence-corrected chi connectivity index (χ3v) is 1.96. The number of ether oxygens (including phenoxy) is 5. The van der Waals surface area contributed by atoms with E-state index < -0.39 is 10.4 Å². The highest BCUT2D eigenvalue weighted by Crippen LogP contribution is 1.83. The van der Waals surface area contributed by atoms with E-state index in [2.05, 4.69) is 13.2 Å². The monoisotopic (exact) mass is 372 g/mol. The van der Waals surface area contributed by atoms with Crippen molar-refractivity contribution in [3.8, 4) is 0 Å².